The average molecular weight is 556 g/mol. The molecule has 0 spiro atoms. The van der Waals surface area contributed by atoms with Gasteiger partial charge in [-0.25, -0.2) is 8.42 Å². The Morgan fingerprint density at radius 3 is 1.79 bits per heavy atom. The van der Waals surface area contributed by atoms with Gasteiger partial charge in [0.1, 0.15) is 17.8 Å². The lowest BCUT2D eigenvalue weighted by Gasteiger charge is -2.44. The minimum atomic E-state index is -3.65. The Labute approximate surface area is 233 Å². The van der Waals surface area contributed by atoms with E-state index in [4.69, 9.17) is 14.2 Å². The van der Waals surface area contributed by atoms with Crippen molar-refractivity contribution in [1.29, 1.82) is 0 Å². The maximum atomic E-state index is 14.1. The first-order valence-corrected chi connectivity index (χ1v) is 15.2. The third kappa shape index (κ3) is 6.39. The van der Waals surface area contributed by atoms with Crippen LogP contribution in [0.4, 0.5) is 0 Å². The van der Waals surface area contributed by atoms with E-state index in [0.717, 1.165) is 48.2 Å². The first-order valence-electron chi connectivity index (χ1n) is 13.6. The molecule has 0 bridgehead atoms. The van der Waals surface area contributed by atoms with Crippen molar-refractivity contribution >= 4 is 16.3 Å². The van der Waals surface area contributed by atoms with Crippen LogP contribution in [-0.4, -0.2) is 51.7 Å². The maximum Gasteiger partial charge on any atom is 0.217 e. The molecule has 0 amide bonds. The van der Waals surface area contributed by atoms with Crippen molar-refractivity contribution in [2.45, 2.75) is 57.6 Å². The Kier molecular flexibility index (Phi) is 9.51. The second kappa shape index (κ2) is 12.7. The monoisotopic (exact) mass is 555 g/mol. The quantitative estimate of drug-likeness (QED) is 0.234. The van der Waals surface area contributed by atoms with Crippen molar-refractivity contribution in [2.24, 2.45) is 23.7 Å². The van der Waals surface area contributed by atoms with Gasteiger partial charge in [0, 0.05) is 26.1 Å². The van der Waals surface area contributed by atoms with Crippen molar-refractivity contribution < 1.29 is 27.4 Å². The molecule has 2 aromatic rings. The normalized spacial score (nSPS) is 23.1. The summed E-state index contributed by atoms with van der Waals surface area (Å²) in [6.07, 6.45) is 5.91. The zero-order valence-corrected chi connectivity index (χ0v) is 24.4. The second-order valence-corrected chi connectivity index (χ2v) is 13.2. The van der Waals surface area contributed by atoms with Crippen molar-refractivity contribution in [1.82, 2.24) is 4.31 Å². The zero-order chi connectivity index (χ0) is 28.2. The van der Waals surface area contributed by atoms with Gasteiger partial charge in [-0.05, 0) is 84.9 Å². The Hall–Kier alpha value is -2.68. The van der Waals surface area contributed by atoms with Crippen molar-refractivity contribution in [3.8, 4) is 11.5 Å². The third-order valence-corrected chi connectivity index (χ3v) is 11.1. The van der Waals surface area contributed by atoms with Gasteiger partial charge in [0.05, 0.1) is 25.6 Å². The van der Waals surface area contributed by atoms with E-state index in [1.807, 2.05) is 62.4 Å². The number of carbonyl (C=O) groups excluding carboxylic acids is 1. The van der Waals surface area contributed by atoms with Crippen molar-refractivity contribution in [2.75, 3.05) is 21.3 Å². The molecule has 1 saturated carbocycles. The van der Waals surface area contributed by atoms with Crippen LogP contribution >= 0.6 is 0 Å². The summed E-state index contributed by atoms with van der Waals surface area (Å²) in [4.78, 5) is 11.4. The molecule has 2 aliphatic carbocycles. The highest BCUT2D eigenvalue weighted by molar-refractivity contribution is 7.89. The summed E-state index contributed by atoms with van der Waals surface area (Å²) in [7, 11) is 1.27. The molecule has 2 unspecified atom stereocenters. The Morgan fingerprint density at radius 1 is 0.897 bits per heavy atom. The van der Waals surface area contributed by atoms with E-state index in [1.165, 1.54) is 5.57 Å². The standard InChI is InChI=1S/C31H41NO6S/c1-21(26-16-27(17-26)31(38-5)30-15-10-25(30)20-33)22(2)39(34,35)32(18-23-6-11-28(36-3)12-7-23)19-24-8-13-29(37-4)14-9-24/h6-9,11-14,16,20-22,25-26,30-31H,10,15,17-19H2,1-5H3/t21-,22-,25?,26?,30-,31+/m1/s1. The Bertz CT molecular complexity index is 1190. The van der Waals surface area contributed by atoms with Crippen LogP contribution < -0.4 is 9.47 Å². The number of allylic oxidation sites excluding steroid dienone is 1. The molecule has 2 aliphatic rings. The van der Waals surface area contributed by atoms with Gasteiger partial charge in [0.25, 0.3) is 0 Å². The number of methoxy groups -OCH3 is 3. The van der Waals surface area contributed by atoms with E-state index >= 15 is 0 Å². The van der Waals surface area contributed by atoms with Crippen LogP contribution in [0.3, 0.4) is 0 Å². The molecule has 39 heavy (non-hydrogen) atoms. The topological polar surface area (TPSA) is 82.1 Å². The maximum absolute atomic E-state index is 14.1. The van der Waals surface area contributed by atoms with Crippen LogP contribution in [0.25, 0.3) is 0 Å². The molecule has 4 rings (SSSR count). The number of sulfonamides is 1. The molecular weight excluding hydrogens is 514 g/mol. The predicted molar refractivity (Wildman–Crippen MR) is 152 cm³/mol. The Balaban J connectivity index is 1.51. The molecule has 0 aromatic heterocycles. The van der Waals surface area contributed by atoms with E-state index in [9.17, 15) is 13.2 Å². The van der Waals surface area contributed by atoms with Gasteiger partial charge in [-0.15, -0.1) is 0 Å². The van der Waals surface area contributed by atoms with Gasteiger partial charge in [0.2, 0.25) is 10.0 Å². The number of ether oxygens (including phenoxy) is 3. The number of rotatable bonds is 14. The van der Waals surface area contributed by atoms with Gasteiger partial charge >= 0.3 is 0 Å². The summed E-state index contributed by atoms with van der Waals surface area (Å²) in [6, 6.07) is 15.0. The summed E-state index contributed by atoms with van der Waals surface area (Å²) < 4.78 is 46.1. The fraction of sp³-hybridized carbons (Fsp3) is 0.516. The molecule has 0 heterocycles. The van der Waals surface area contributed by atoms with Gasteiger partial charge in [-0.2, -0.15) is 4.31 Å². The zero-order valence-electron chi connectivity index (χ0n) is 23.6. The van der Waals surface area contributed by atoms with Crippen LogP contribution in [0.15, 0.2) is 60.2 Å². The molecule has 6 atom stereocenters. The summed E-state index contributed by atoms with van der Waals surface area (Å²) in [5, 5.41) is -0.579. The second-order valence-electron chi connectivity index (χ2n) is 10.9. The highest BCUT2D eigenvalue weighted by Crippen LogP contribution is 2.45. The highest BCUT2D eigenvalue weighted by atomic mass is 32.2. The van der Waals surface area contributed by atoms with Crippen LogP contribution in [0.1, 0.15) is 44.2 Å². The number of carbonyl (C=O) groups is 1. The van der Waals surface area contributed by atoms with E-state index in [2.05, 4.69) is 6.08 Å². The average Bonchev–Trinajstić information content (AvgIpc) is 2.91. The predicted octanol–water partition coefficient (Wildman–Crippen LogP) is 5.25. The first-order chi connectivity index (χ1) is 18.7. The minimum absolute atomic E-state index is 0.0500. The fourth-order valence-corrected chi connectivity index (χ4v) is 7.59. The molecule has 7 nitrogen and oxygen atoms in total. The van der Waals surface area contributed by atoms with Crippen molar-refractivity contribution in [3.05, 3.63) is 71.3 Å². The van der Waals surface area contributed by atoms with E-state index < -0.39 is 15.3 Å². The number of benzene rings is 2. The number of aldehydes is 1. The van der Waals surface area contributed by atoms with Crippen LogP contribution in [0.5, 0.6) is 11.5 Å². The SMILES string of the molecule is COc1ccc(CN(Cc2ccc(OC)cc2)S(=O)(=O)[C@H](C)[C@@H](C)C2C=C([C@H](OC)[C@@H]3CCC3C=O)C2)cc1. The smallest absolute Gasteiger partial charge is 0.217 e. The molecule has 0 aliphatic heterocycles. The molecular formula is C31H41NO6S. The fourth-order valence-electron chi connectivity index (χ4n) is 5.72. The molecule has 1 fully saturated rings. The number of hydrogen-bond donors (Lipinski definition) is 0. The van der Waals surface area contributed by atoms with Gasteiger partial charge in [0.15, 0.2) is 0 Å². The van der Waals surface area contributed by atoms with E-state index in [-0.39, 0.29) is 42.9 Å². The van der Waals surface area contributed by atoms with Crippen LogP contribution in [0, 0.1) is 23.7 Å². The van der Waals surface area contributed by atoms with E-state index in [0.29, 0.717) is 0 Å². The van der Waals surface area contributed by atoms with Crippen LogP contribution in [-0.2, 0) is 32.6 Å². The number of nitrogens with zero attached hydrogens (tertiary/aromatic N) is 1. The lowest BCUT2D eigenvalue weighted by Crippen LogP contribution is -2.44. The molecule has 212 valence electrons. The lowest BCUT2D eigenvalue weighted by atomic mass is 9.65. The highest BCUT2D eigenvalue weighted by Gasteiger charge is 2.43. The molecule has 0 N–H and O–H groups in total. The summed E-state index contributed by atoms with van der Waals surface area (Å²) in [6.45, 7) is 4.38. The minimum Gasteiger partial charge on any atom is -0.497 e. The van der Waals surface area contributed by atoms with E-state index in [1.54, 1.807) is 25.6 Å². The summed E-state index contributed by atoms with van der Waals surface area (Å²) >= 11 is 0. The van der Waals surface area contributed by atoms with Gasteiger partial charge < -0.3 is 19.0 Å². The van der Waals surface area contributed by atoms with Gasteiger partial charge in [-0.3, -0.25) is 0 Å². The third-order valence-electron chi connectivity index (χ3n) is 8.75. The molecule has 2 aromatic carbocycles. The molecule has 0 saturated heterocycles. The Morgan fingerprint density at radius 2 is 1.41 bits per heavy atom. The van der Waals surface area contributed by atoms with Crippen LogP contribution in [0.2, 0.25) is 0 Å². The lowest BCUT2D eigenvalue weighted by molar-refractivity contribution is -0.119. The largest absolute Gasteiger partial charge is 0.497 e. The first kappa shape index (κ1) is 29.3. The summed E-state index contributed by atoms with van der Waals surface area (Å²) in [5.41, 5.74) is 2.99. The molecule has 8 heteroatoms. The van der Waals surface area contributed by atoms with Crippen molar-refractivity contribution in [3.63, 3.8) is 0 Å². The number of hydrogen-bond acceptors (Lipinski definition) is 6. The molecule has 0 radical (unpaired) electrons. The van der Waals surface area contributed by atoms with Gasteiger partial charge in [-0.1, -0.05) is 37.3 Å². The summed E-state index contributed by atoms with van der Waals surface area (Å²) in [5.74, 6) is 1.84.